The van der Waals surface area contributed by atoms with E-state index in [9.17, 15) is 4.79 Å². The number of nitrogens with zero attached hydrogens (tertiary/aromatic N) is 1. The molecule has 4 nitrogen and oxygen atoms in total. The molecule has 0 bridgehead atoms. The minimum atomic E-state index is -0.188. The highest BCUT2D eigenvalue weighted by molar-refractivity contribution is 6.31. The van der Waals surface area contributed by atoms with E-state index >= 15 is 0 Å². The van der Waals surface area contributed by atoms with E-state index in [0.29, 0.717) is 16.6 Å². The van der Waals surface area contributed by atoms with Crippen LogP contribution in [0.5, 0.6) is 0 Å². The summed E-state index contributed by atoms with van der Waals surface area (Å²) in [6.45, 7) is 1.93. The molecule has 0 unspecified atom stereocenters. The van der Waals surface area contributed by atoms with Gasteiger partial charge in [-0.3, -0.25) is 9.89 Å². The topological polar surface area (TPSA) is 63.8 Å². The zero-order valence-electron chi connectivity index (χ0n) is 11.4. The summed E-state index contributed by atoms with van der Waals surface area (Å²) in [7, 11) is 0. The standard InChI is InChI=1S/C15H18ClN3O/c1-9-6-7-11(8-12(9)16)19-15(20)13(17)14(18-19)10-4-2-3-5-10/h6-8,10,18H,2-5,17H2,1H3. The maximum Gasteiger partial charge on any atom is 0.294 e. The lowest BCUT2D eigenvalue weighted by atomic mass is 10.0. The minimum Gasteiger partial charge on any atom is -0.393 e. The fraction of sp³-hybridized carbons (Fsp3) is 0.400. The molecule has 20 heavy (non-hydrogen) atoms. The third kappa shape index (κ3) is 2.14. The summed E-state index contributed by atoms with van der Waals surface area (Å²) >= 11 is 6.13. The van der Waals surface area contributed by atoms with Gasteiger partial charge in [0.1, 0.15) is 5.69 Å². The van der Waals surface area contributed by atoms with Gasteiger partial charge in [-0.2, -0.15) is 0 Å². The van der Waals surface area contributed by atoms with Gasteiger partial charge >= 0.3 is 0 Å². The highest BCUT2D eigenvalue weighted by Gasteiger charge is 2.24. The van der Waals surface area contributed by atoms with E-state index in [2.05, 4.69) is 5.10 Å². The molecule has 0 saturated heterocycles. The lowest BCUT2D eigenvalue weighted by Crippen LogP contribution is -2.16. The van der Waals surface area contributed by atoms with E-state index in [4.69, 9.17) is 17.3 Å². The Hall–Kier alpha value is -1.68. The first-order chi connectivity index (χ1) is 9.58. The molecule has 1 fully saturated rings. The molecule has 0 spiro atoms. The van der Waals surface area contributed by atoms with Crippen LogP contribution >= 0.6 is 11.6 Å². The largest absolute Gasteiger partial charge is 0.393 e. The van der Waals surface area contributed by atoms with Gasteiger partial charge in [0.15, 0.2) is 0 Å². The summed E-state index contributed by atoms with van der Waals surface area (Å²) in [5, 5.41) is 3.82. The predicted molar refractivity (Wildman–Crippen MR) is 81.8 cm³/mol. The van der Waals surface area contributed by atoms with E-state index in [-0.39, 0.29) is 5.56 Å². The fourth-order valence-corrected chi connectivity index (χ4v) is 3.07. The molecule has 5 heteroatoms. The zero-order valence-corrected chi connectivity index (χ0v) is 12.2. The van der Waals surface area contributed by atoms with E-state index in [0.717, 1.165) is 29.8 Å². The molecule has 1 aromatic carbocycles. The fourth-order valence-electron chi connectivity index (χ4n) is 2.90. The third-order valence-corrected chi connectivity index (χ3v) is 4.54. The lowest BCUT2D eigenvalue weighted by molar-refractivity contribution is 0.678. The number of aryl methyl sites for hydroxylation is 1. The zero-order chi connectivity index (χ0) is 14.3. The second-order valence-corrected chi connectivity index (χ2v) is 5.90. The number of nitrogen functional groups attached to an aromatic ring is 1. The van der Waals surface area contributed by atoms with Crippen molar-refractivity contribution in [2.75, 3.05) is 5.73 Å². The molecule has 3 N–H and O–H groups in total. The summed E-state index contributed by atoms with van der Waals surface area (Å²) in [4.78, 5) is 12.3. The quantitative estimate of drug-likeness (QED) is 0.891. The Labute approximate surface area is 122 Å². The van der Waals surface area contributed by atoms with Crippen LogP contribution in [-0.2, 0) is 0 Å². The first kappa shape index (κ1) is 13.3. The highest BCUT2D eigenvalue weighted by atomic mass is 35.5. The summed E-state index contributed by atoms with van der Waals surface area (Å²) in [5.41, 5.74) is 8.73. The van der Waals surface area contributed by atoms with Gasteiger partial charge in [0.2, 0.25) is 0 Å². The van der Waals surface area contributed by atoms with Crippen molar-refractivity contribution >= 4 is 17.3 Å². The van der Waals surface area contributed by atoms with Crippen molar-refractivity contribution in [3.8, 4) is 5.69 Å². The molecule has 0 radical (unpaired) electrons. The number of nitrogens with one attached hydrogen (secondary N) is 1. The Balaban J connectivity index is 2.07. The maximum absolute atomic E-state index is 12.3. The molecular weight excluding hydrogens is 274 g/mol. The Bertz CT molecular complexity index is 696. The van der Waals surface area contributed by atoms with Crippen molar-refractivity contribution in [3.05, 3.63) is 44.8 Å². The van der Waals surface area contributed by atoms with Gasteiger partial charge in [-0.05, 0) is 37.5 Å². The van der Waals surface area contributed by atoms with Crippen LogP contribution in [0.3, 0.4) is 0 Å². The van der Waals surface area contributed by atoms with E-state index in [1.54, 1.807) is 6.07 Å². The molecule has 1 aliphatic carbocycles. The number of H-pyrrole nitrogens is 1. The Morgan fingerprint density at radius 3 is 2.70 bits per heavy atom. The van der Waals surface area contributed by atoms with Crippen LogP contribution in [0, 0.1) is 6.92 Å². The molecule has 0 atom stereocenters. The van der Waals surface area contributed by atoms with Crippen molar-refractivity contribution in [3.63, 3.8) is 0 Å². The third-order valence-electron chi connectivity index (χ3n) is 4.13. The second kappa shape index (κ2) is 5.02. The first-order valence-electron chi connectivity index (χ1n) is 6.95. The van der Waals surface area contributed by atoms with Gasteiger partial charge in [-0.1, -0.05) is 30.5 Å². The number of halogens is 1. The van der Waals surface area contributed by atoms with Gasteiger partial charge in [0.05, 0.1) is 11.4 Å². The molecule has 0 amide bonds. The molecule has 1 aromatic heterocycles. The summed E-state index contributed by atoms with van der Waals surface area (Å²) in [5.74, 6) is 0.380. The number of aromatic amines is 1. The van der Waals surface area contributed by atoms with Crippen LogP contribution in [0.15, 0.2) is 23.0 Å². The monoisotopic (exact) mass is 291 g/mol. The van der Waals surface area contributed by atoms with Crippen LogP contribution in [0.25, 0.3) is 5.69 Å². The van der Waals surface area contributed by atoms with E-state index in [1.807, 2.05) is 19.1 Å². The number of aromatic nitrogens is 2. The van der Waals surface area contributed by atoms with Crippen molar-refractivity contribution < 1.29 is 0 Å². The molecule has 1 heterocycles. The Morgan fingerprint density at radius 1 is 1.35 bits per heavy atom. The number of hydrogen-bond donors (Lipinski definition) is 2. The number of hydrogen-bond acceptors (Lipinski definition) is 2. The van der Waals surface area contributed by atoms with Crippen LogP contribution in [0.1, 0.15) is 42.9 Å². The molecule has 106 valence electrons. The smallest absolute Gasteiger partial charge is 0.294 e. The van der Waals surface area contributed by atoms with Gasteiger partial charge in [0.25, 0.3) is 5.56 Å². The van der Waals surface area contributed by atoms with E-state index in [1.165, 1.54) is 17.5 Å². The van der Waals surface area contributed by atoms with Gasteiger partial charge < -0.3 is 5.73 Å². The van der Waals surface area contributed by atoms with Crippen LogP contribution < -0.4 is 11.3 Å². The number of anilines is 1. The van der Waals surface area contributed by atoms with Gasteiger partial charge in [-0.15, -0.1) is 0 Å². The lowest BCUT2D eigenvalue weighted by Gasteiger charge is -2.07. The molecule has 3 rings (SSSR count). The van der Waals surface area contributed by atoms with Crippen molar-refractivity contribution in [2.45, 2.75) is 38.5 Å². The number of benzene rings is 1. The average Bonchev–Trinajstić information content (AvgIpc) is 3.04. The Morgan fingerprint density at radius 2 is 2.05 bits per heavy atom. The maximum atomic E-state index is 12.3. The highest BCUT2D eigenvalue weighted by Crippen LogP contribution is 2.35. The SMILES string of the molecule is Cc1ccc(-n2[nH]c(C3CCCC3)c(N)c2=O)cc1Cl. The normalized spacial score (nSPS) is 15.9. The molecule has 2 aromatic rings. The molecular formula is C15H18ClN3O. The summed E-state index contributed by atoms with van der Waals surface area (Å²) in [6.07, 6.45) is 4.60. The second-order valence-electron chi connectivity index (χ2n) is 5.49. The van der Waals surface area contributed by atoms with Gasteiger partial charge in [0, 0.05) is 10.9 Å². The van der Waals surface area contributed by atoms with Crippen LogP contribution in [0.2, 0.25) is 5.02 Å². The predicted octanol–water partition coefficient (Wildman–Crippen LogP) is 3.37. The minimum absolute atomic E-state index is 0.188. The summed E-state index contributed by atoms with van der Waals surface area (Å²) in [6, 6.07) is 5.56. The van der Waals surface area contributed by atoms with E-state index < -0.39 is 0 Å². The Kier molecular flexibility index (Phi) is 3.34. The van der Waals surface area contributed by atoms with Crippen LogP contribution in [0.4, 0.5) is 5.69 Å². The average molecular weight is 292 g/mol. The summed E-state index contributed by atoms with van der Waals surface area (Å²) < 4.78 is 1.49. The van der Waals surface area contributed by atoms with Crippen LogP contribution in [-0.4, -0.2) is 9.78 Å². The number of nitrogens with two attached hydrogens (primary N) is 1. The molecule has 1 saturated carbocycles. The van der Waals surface area contributed by atoms with Crippen molar-refractivity contribution in [2.24, 2.45) is 0 Å². The molecule has 0 aliphatic heterocycles. The molecule has 1 aliphatic rings. The first-order valence-corrected chi connectivity index (χ1v) is 7.32. The van der Waals surface area contributed by atoms with Crippen molar-refractivity contribution in [1.29, 1.82) is 0 Å². The van der Waals surface area contributed by atoms with Gasteiger partial charge in [-0.25, -0.2) is 4.68 Å². The number of rotatable bonds is 2. The van der Waals surface area contributed by atoms with Crippen molar-refractivity contribution in [1.82, 2.24) is 9.78 Å².